The Labute approximate surface area is 431 Å². The summed E-state index contributed by atoms with van der Waals surface area (Å²) in [7, 11) is 0. The topological polar surface area (TPSA) is 48.5 Å². The summed E-state index contributed by atoms with van der Waals surface area (Å²) < 4.78 is 4.92. The summed E-state index contributed by atoms with van der Waals surface area (Å²) in [5, 5.41) is 4.82. The fraction of sp³-hybridized carbons (Fsp3) is 0.0870. The van der Waals surface area contributed by atoms with E-state index in [0.29, 0.717) is 17.5 Å². The van der Waals surface area contributed by atoms with Gasteiger partial charge in [-0.15, -0.1) is 0 Å². The maximum atomic E-state index is 5.25. The summed E-state index contributed by atoms with van der Waals surface area (Å²) in [6, 6.07) is 76.9. The molecule has 0 amide bonds. The van der Waals surface area contributed by atoms with Gasteiger partial charge in [-0.2, -0.15) is 0 Å². The van der Waals surface area contributed by atoms with E-state index in [1.165, 1.54) is 77.2 Å². The predicted octanol–water partition coefficient (Wildman–Crippen LogP) is 17.9. The zero-order chi connectivity index (χ0) is 50.2. The first kappa shape index (κ1) is 44.7. The van der Waals surface area contributed by atoms with Gasteiger partial charge in [-0.05, 0) is 147 Å². The number of aryl methyl sites for hydroxylation is 6. The van der Waals surface area contributed by atoms with Crippen LogP contribution >= 0.6 is 0 Å². The molecule has 5 heteroatoms. The van der Waals surface area contributed by atoms with Crippen LogP contribution in [0.5, 0.6) is 0 Å². The number of aromatic nitrogens is 5. The minimum Gasteiger partial charge on any atom is -0.309 e. The van der Waals surface area contributed by atoms with Crippen molar-refractivity contribution in [1.29, 1.82) is 0 Å². The van der Waals surface area contributed by atoms with Gasteiger partial charge in [-0.1, -0.05) is 163 Å². The molecule has 5 nitrogen and oxygen atoms in total. The number of benzene rings is 10. The van der Waals surface area contributed by atoms with E-state index in [9.17, 15) is 0 Å². The fourth-order valence-corrected chi connectivity index (χ4v) is 12.0. The molecule has 13 rings (SSSR count). The molecular formula is C69H53N5. The van der Waals surface area contributed by atoms with E-state index in [2.05, 4.69) is 227 Å². The standard InChI is InChI=1S/C69H53N5/c1-42-35-44(3)65(45(4)36-42)50-29-32-62-56(39-50)53-23-13-16-26-59(53)73(62)60-27-17-15-25-55(60)58-41-52(69-71-67(48-19-9-7-10-20-48)70-68(72-69)49-21-11-8-12-22-49)31-34-64(58)74-61-28-18-14-24-54(61)57-40-51(30-33-63(57)74)66-46(5)37-43(2)38-47(66)6/h7-41H,1-6H3. The highest BCUT2D eigenvalue weighted by molar-refractivity contribution is 6.13. The van der Waals surface area contributed by atoms with Crippen molar-refractivity contribution in [2.24, 2.45) is 0 Å². The highest BCUT2D eigenvalue weighted by Crippen LogP contribution is 2.44. The first-order chi connectivity index (χ1) is 36.2. The molecule has 74 heavy (non-hydrogen) atoms. The van der Waals surface area contributed by atoms with Crippen LogP contribution in [0.15, 0.2) is 212 Å². The summed E-state index contributed by atoms with van der Waals surface area (Å²) >= 11 is 0. The van der Waals surface area contributed by atoms with Crippen LogP contribution < -0.4 is 0 Å². The van der Waals surface area contributed by atoms with Crippen molar-refractivity contribution in [2.75, 3.05) is 0 Å². The van der Waals surface area contributed by atoms with E-state index in [1.54, 1.807) is 0 Å². The van der Waals surface area contributed by atoms with E-state index in [0.717, 1.165) is 61.3 Å². The summed E-state index contributed by atoms with van der Waals surface area (Å²) in [4.78, 5) is 15.6. The summed E-state index contributed by atoms with van der Waals surface area (Å²) in [6.45, 7) is 13.3. The Morgan fingerprint density at radius 1 is 0.270 bits per heavy atom. The van der Waals surface area contributed by atoms with Crippen LogP contribution in [0.25, 0.3) is 123 Å². The Balaban J connectivity index is 1.09. The molecule has 354 valence electrons. The zero-order valence-electron chi connectivity index (χ0n) is 42.4. The van der Waals surface area contributed by atoms with Crippen molar-refractivity contribution in [2.45, 2.75) is 41.5 Å². The number of nitrogens with zero attached hydrogens (tertiary/aromatic N) is 5. The third kappa shape index (κ3) is 7.51. The highest BCUT2D eigenvalue weighted by Gasteiger charge is 2.23. The lowest BCUT2D eigenvalue weighted by molar-refractivity contribution is 1.07. The van der Waals surface area contributed by atoms with E-state index in [1.807, 2.05) is 36.4 Å². The molecule has 3 heterocycles. The van der Waals surface area contributed by atoms with Crippen molar-refractivity contribution in [3.8, 4) is 78.9 Å². The van der Waals surface area contributed by atoms with Crippen molar-refractivity contribution >= 4 is 43.6 Å². The normalized spacial score (nSPS) is 11.6. The minimum absolute atomic E-state index is 0.602. The molecule has 10 aromatic carbocycles. The lowest BCUT2D eigenvalue weighted by Crippen LogP contribution is -2.03. The number of fused-ring (bicyclic) bond motifs is 6. The highest BCUT2D eigenvalue weighted by atomic mass is 15.0. The SMILES string of the molecule is Cc1cc(C)c(-c2ccc3c(c2)c2ccccc2n3-c2ccccc2-c2cc(-c3nc(-c4ccccc4)nc(-c4ccccc4)n3)ccc2-n2c3ccccc3c3cc(-c4c(C)cc(C)cc4C)ccc32)c(C)c1. The van der Waals surface area contributed by atoms with Gasteiger partial charge in [0.2, 0.25) is 0 Å². The summed E-state index contributed by atoms with van der Waals surface area (Å²) in [5.74, 6) is 1.85. The van der Waals surface area contributed by atoms with Gasteiger partial charge in [-0.25, -0.2) is 15.0 Å². The molecule has 0 aliphatic heterocycles. The van der Waals surface area contributed by atoms with E-state index in [-0.39, 0.29) is 0 Å². The van der Waals surface area contributed by atoms with Gasteiger partial charge in [0.1, 0.15) is 0 Å². The van der Waals surface area contributed by atoms with Crippen LogP contribution in [0.3, 0.4) is 0 Å². The van der Waals surface area contributed by atoms with Crippen LogP contribution in [0.1, 0.15) is 33.4 Å². The molecule has 0 spiro atoms. The molecule has 13 aromatic rings. The molecule has 0 unspecified atom stereocenters. The van der Waals surface area contributed by atoms with Crippen LogP contribution in [0.2, 0.25) is 0 Å². The van der Waals surface area contributed by atoms with Gasteiger partial charge in [0.25, 0.3) is 0 Å². The fourth-order valence-electron chi connectivity index (χ4n) is 12.0. The third-order valence-electron chi connectivity index (χ3n) is 14.9. The van der Waals surface area contributed by atoms with E-state index >= 15 is 0 Å². The Bertz CT molecular complexity index is 4260. The largest absolute Gasteiger partial charge is 0.309 e. The molecule has 0 bridgehead atoms. The Hall–Kier alpha value is -9.19. The number of hydrogen-bond acceptors (Lipinski definition) is 3. The average molecular weight is 952 g/mol. The van der Waals surface area contributed by atoms with E-state index < -0.39 is 0 Å². The lowest BCUT2D eigenvalue weighted by atomic mass is 9.93. The van der Waals surface area contributed by atoms with Gasteiger partial charge in [0.05, 0.1) is 33.4 Å². The first-order valence-electron chi connectivity index (χ1n) is 25.5. The molecule has 0 radical (unpaired) electrons. The van der Waals surface area contributed by atoms with Crippen LogP contribution in [0.4, 0.5) is 0 Å². The lowest BCUT2D eigenvalue weighted by Gasteiger charge is -2.20. The molecule has 0 saturated heterocycles. The monoisotopic (exact) mass is 951 g/mol. The van der Waals surface area contributed by atoms with Crippen molar-refractivity contribution in [3.05, 3.63) is 246 Å². The second kappa shape index (κ2) is 17.8. The maximum absolute atomic E-state index is 5.25. The molecular weight excluding hydrogens is 899 g/mol. The quantitative estimate of drug-likeness (QED) is 0.152. The van der Waals surface area contributed by atoms with Gasteiger partial charge in [-0.3, -0.25) is 0 Å². The van der Waals surface area contributed by atoms with Crippen LogP contribution in [-0.2, 0) is 0 Å². The molecule has 0 N–H and O–H groups in total. The molecule has 0 fully saturated rings. The maximum Gasteiger partial charge on any atom is 0.164 e. The van der Waals surface area contributed by atoms with Gasteiger partial charge in [0, 0.05) is 49.4 Å². The van der Waals surface area contributed by atoms with Gasteiger partial charge in [0.15, 0.2) is 17.5 Å². The first-order valence-corrected chi connectivity index (χ1v) is 25.5. The predicted molar refractivity (Wildman–Crippen MR) is 310 cm³/mol. The van der Waals surface area contributed by atoms with Gasteiger partial charge < -0.3 is 9.13 Å². The zero-order valence-corrected chi connectivity index (χ0v) is 42.4. The van der Waals surface area contributed by atoms with E-state index in [4.69, 9.17) is 15.0 Å². The molecule has 0 aliphatic rings. The molecule has 0 atom stereocenters. The summed E-state index contributed by atoms with van der Waals surface area (Å²) in [6.07, 6.45) is 0. The molecule has 0 saturated carbocycles. The molecule has 0 aliphatic carbocycles. The smallest absolute Gasteiger partial charge is 0.164 e. The second-order valence-corrected chi connectivity index (χ2v) is 20.0. The Morgan fingerprint density at radius 3 is 1.14 bits per heavy atom. The second-order valence-electron chi connectivity index (χ2n) is 20.0. The third-order valence-corrected chi connectivity index (χ3v) is 14.9. The Kier molecular flexibility index (Phi) is 10.8. The molecule has 3 aromatic heterocycles. The van der Waals surface area contributed by atoms with Crippen LogP contribution in [0, 0.1) is 41.5 Å². The average Bonchev–Trinajstić information content (AvgIpc) is 3.93. The van der Waals surface area contributed by atoms with Crippen LogP contribution in [-0.4, -0.2) is 24.1 Å². The number of hydrogen-bond donors (Lipinski definition) is 0. The Morgan fingerprint density at radius 2 is 0.649 bits per heavy atom. The number of rotatable bonds is 8. The van der Waals surface area contributed by atoms with Crippen molar-refractivity contribution in [1.82, 2.24) is 24.1 Å². The van der Waals surface area contributed by atoms with Gasteiger partial charge >= 0.3 is 0 Å². The van der Waals surface area contributed by atoms with Crippen molar-refractivity contribution in [3.63, 3.8) is 0 Å². The van der Waals surface area contributed by atoms with Crippen molar-refractivity contribution < 1.29 is 0 Å². The number of para-hydroxylation sites is 3. The minimum atomic E-state index is 0.602. The summed E-state index contributed by atoms with van der Waals surface area (Å²) in [5.41, 5.74) is 24.3.